The van der Waals surface area contributed by atoms with E-state index in [0.29, 0.717) is 22.5 Å². The van der Waals surface area contributed by atoms with Crippen LogP contribution in [0, 0.1) is 22.7 Å². The van der Waals surface area contributed by atoms with Gasteiger partial charge in [0.2, 0.25) is 0 Å². The van der Waals surface area contributed by atoms with Gasteiger partial charge >= 0.3 is 0 Å². The second-order valence-electron chi connectivity index (χ2n) is 5.31. The zero-order chi connectivity index (χ0) is 9.27. The van der Waals surface area contributed by atoms with Crippen LogP contribution in [0.3, 0.4) is 0 Å². The van der Waals surface area contributed by atoms with Crippen molar-refractivity contribution in [1.82, 2.24) is 0 Å². The summed E-state index contributed by atoms with van der Waals surface area (Å²) in [5.41, 5.74) is 0.638. The van der Waals surface area contributed by atoms with Crippen molar-refractivity contribution in [2.24, 2.45) is 22.7 Å². The highest BCUT2D eigenvalue weighted by molar-refractivity contribution is 6.00. The summed E-state index contributed by atoms with van der Waals surface area (Å²) in [6, 6.07) is 0. The van der Waals surface area contributed by atoms with E-state index in [1.165, 1.54) is 19.3 Å². The van der Waals surface area contributed by atoms with Crippen LogP contribution in [-0.2, 0) is 4.79 Å². The van der Waals surface area contributed by atoms with Gasteiger partial charge in [0, 0.05) is 11.3 Å². The third kappa shape index (κ3) is 0.589. The van der Waals surface area contributed by atoms with Gasteiger partial charge in [-0.15, -0.1) is 0 Å². The van der Waals surface area contributed by atoms with E-state index in [1.807, 2.05) is 6.08 Å². The number of rotatable bonds is 0. The van der Waals surface area contributed by atoms with Gasteiger partial charge in [0.1, 0.15) is 0 Å². The summed E-state index contributed by atoms with van der Waals surface area (Å²) in [4.78, 5) is 11.6. The molecule has 2 fully saturated rings. The summed E-state index contributed by atoms with van der Waals surface area (Å²) in [6.07, 6.45) is 7.94. The molecule has 0 radical (unpaired) electrons. The highest BCUT2D eigenvalue weighted by Gasteiger charge is 2.78. The van der Waals surface area contributed by atoms with Gasteiger partial charge < -0.3 is 0 Å². The molecule has 70 valence electrons. The van der Waals surface area contributed by atoms with Gasteiger partial charge in [-0.1, -0.05) is 26.3 Å². The molecule has 0 aromatic heterocycles. The zero-order valence-corrected chi connectivity index (χ0v) is 8.34. The molecule has 3 rings (SSSR count). The average molecular weight is 176 g/mol. The summed E-state index contributed by atoms with van der Waals surface area (Å²) in [5.74, 6) is 1.48. The molecule has 3 aliphatic rings. The summed E-state index contributed by atoms with van der Waals surface area (Å²) in [6.45, 7) is 4.63. The van der Waals surface area contributed by atoms with E-state index in [9.17, 15) is 4.79 Å². The predicted octanol–water partition coefficient (Wildman–Crippen LogP) is 2.57. The number of ketones is 1. The lowest BCUT2D eigenvalue weighted by atomic mass is 9.73. The van der Waals surface area contributed by atoms with Gasteiger partial charge in [-0.3, -0.25) is 4.79 Å². The molecule has 0 amide bonds. The minimum atomic E-state index is 0.294. The Labute approximate surface area is 79.2 Å². The van der Waals surface area contributed by atoms with Crippen molar-refractivity contribution in [1.29, 1.82) is 0 Å². The molecule has 0 aromatic rings. The number of fused-ring (bicyclic) bond motifs is 1. The first-order valence-corrected chi connectivity index (χ1v) is 5.36. The molecule has 1 nitrogen and oxygen atoms in total. The number of allylic oxidation sites excluding steroid dienone is 2. The first-order chi connectivity index (χ1) is 6.13. The molecule has 0 N–H and O–H groups in total. The molecule has 13 heavy (non-hydrogen) atoms. The molecule has 0 saturated heterocycles. The van der Waals surface area contributed by atoms with Gasteiger partial charge in [-0.25, -0.2) is 0 Å². The van der Waals surface area contributed by atoms with Crippen LogP contribution >= 0.6 is 0 Å². The van der Waals surface area contributed by atoms with Crippen LogP contribution in [0.2, 0.25) is 0 Å². The first kappa shape index (κ1) is 7.78. The maximum atomic E-state index is 11.6. The fourth-order valence-corrected chi connectivity index (χ4v) is 4.28. The van der Waals surface area contributed by atoms with Crippen LogP contribution in [-0.4, -0.2) is 5.78 Å². The highest BCUT2D eigenvalue weighted by atomic mass is 16.1. The maximum absolute atomic E-state index is 11.6. The maximum Gasteiger partial charge on any atom is 0.159 e. The highest BCUT2D eigenvalue weighted by Crippen LogP contribution is 2.80. The largest absolute Gasteiger partial charge is 0.295 e. The molecule has 1 spiro atoms. The Morgan fingerprint density at radius 3 is 3.00 bits per heavy atom. The van der Waals surface area contributed by atoms with Crippen molar-refractivity contribution in [3.05, 3.63) is 12.2 Å². The van der Waals surface area contributed by atoms with Crippen molar-refractivity contribution in [2.45, 2.75) is 33.1 Å². The van der Waals surface area contributed by atoms with Crippen LogP contribution < -0.4 is 0 Å². The minimum Gasteiger partial charge on any atom is -0.295 e. The van der Waals surface area contributed by atoms with E-state index < -0.39 is 0 Å². The summed E-state index contributed by atoms with van der Waals surface area (Å²) < 4.78 is 0. The topological polar surface area (TPSA) is 17.1 Å². The second kappa shape index (κ2) is 1.92. The number of hydrogen-bond donors (Lipinski definition) is 0. The average Bonchev–Trinajstić information content (AvgIpc) is 2.43. The van der Waals surface area contributed by atoms with E-state index >= 15 is 0 Å². The normalized spacial score (nSPS) is 57.5. The third-order valence-electron chi connectivity index (χ3n) is 4.98. The van der Waals surface area contributed by atoms with Gasteiger partial charge in [0.25, 0.3) is 0 Å². The summed E-state index contributed by atoms with van der Waals surface area (Å²) in [7, 11) is 0. The number of hydrogen-bond acceptors (Lipinski definition) is 1. The molecule has 0 bridgehead atoms. The van der Waals surface area contributed by atoms with Gasteiger partial charge in [0.05, 0.1) is 0 Å². The Balaban J connectivity index is 2.09. The van der Waals surface area contributed by atoms with Crippen LogP contribution in [0.5, 0.6) is 0 Å². The Hall–Kier alpha value is -0.590. The Morgan fingerprint density at radius 1 is 1.54 bits per heavy atom. The fraction of sp³-hybridized carbons (Fsp3) is 0.750. The quantitative estimate of drug-likeness (QED) is 0.554. The van der Waals surface area contributed by atoms with Gasteiger partial charge in [0.15, 0.2) is 5.78 Å². The van der Waals surface area contributed by atoms with Crippen LogP contribution in [0.25, 0.3) is 0 Å². The molecule has 0 aliphatic heterocycles. The van der Waals surface area contributed by atoms with E-state index in [-0.39, 0.29) is 0 Å². The van der Waals surface area contributed by atoms with Crippen molar-refractivity contribution >= 4 is 5.78 Å². The summed E-state index contributed by atoms with van der Waals surface area (Å²) >= 11 is 0. The van der Waals surface area contributed by atoms with Crippen LogP contribution in [0.1, 0.15) is 33.1 Å². The smallest absolute Gasteiger partial charge is 0.159 e. The lowest BCUT2D eigenvalue weighted by molar-refractivity contribution is -0.116. The third-order valence-corrected chi connectivity index (χ3v) is 4.98. The Kier molecular flexibility index (Phi) is 1.15. The lowest BCUT2D eigenvalue weighted by Crippen LogP contribution is -2.22. The van der Waals surface area contributed by atoms with Crippen molar-refractivity contribution in [3.8, 4) is 0 Å². The van der Waals surface area contributed by atoms with Crippen molar-refractivity contribution in [2.75, 3.05) is 0 Å². The molecule has 0 unspecified atom stereocenters. The van der Waals surface area contributed by atoms with E-state index in [1.54, 1.807) is 0 Å². The zero-order valence-electron chi connectivity index (χ0n) is 8.34. The second-order valence-corrected chi connectivity index (χ2v) is 5.31. The molecule has 1 heteroatoms. The fourth-order valence-electron chi connectivity index (χ4n) is 4.28. The molecule has 3 aliphatic carbocycles. The Morgan fingerprint density at radius 2 is 2.31 bits per heavy atom. The standard InChI is InChI=1S/C12H16O/c1-8-4-3-6-11(2)10-9(13)5-7-12(8,10)11/h5,7-8,10H,3-4,6H2,1-2H3/t8-,10+,11+,12-/m0/s1. The number of carbonyl (C=O) groups excluding carboxylic acids is 1. The van der Waals surface area contributed by atoms with E-state index in [2.05, 4.69) is 19.9 Å². The molecular formula is C12H16O. The van der Waals surface area contributed by atoms with Gasteiger partial charge in [-0.2, -0.15) is 0 Å². The van der Waals surface area contributed by atoms with E-state index in [4.69, 9.17) is 0 Å². The van der Waals surface area contributed by atoms with E-state index in [0.717, 1.165) is 5.92 Å². The van der Waals surface area contributed by atoms with Crippen LogP contribution in [0.15, 0.2) is 12.2 Å². The molecular weight excluding hydrogens is 160 g/mol. The lowest BCUT2D eigenvalue weighted by Gasteiger charge is -2.30. The SMILES string of the molecule is C[C@H]1CCC[C@]2(C)[C@H]3C(=O)C=C[C@]132. The molecule has 0 aromatic carbocycles. The first-order valence-electron chi connectivity index (χ1n) is 5.36. The molecule has 0 heterocycles. The minimum absolute atomic E-state index is 0.294. The van der Waals surface area contributed by atoms with Crippen molar-refractivity contribution < 1.29 is 4.79 Å². The summed E-state index contributed by atoms with van der Waals surface area (Å²) in [5, 5.41) is 0. The van der Waals surface area contributed by atoms with Crippen LogP contribution in [0.4, 0.5) is 0 Å². The predicted molar refractivity (Wildman–Crippen MR) is 51.2 cm³/mol. The molecule has 4 atom stereocenters. The number of carbonyl (C=O) groups is 1. The molecule has 2 saturated carbocycles. The Bertz CT molecular complexity index is 317. The van der Waals surface area contributed by atoms with Crippen molar-refractivity contribution in [3.63, 3.8) is 0 Å². The van der Waals surface area contributed by atoms with Gasteiger partial charge in [-0.05, 0) is 30.3 Å². The monoisotopic (exact) mass is 176 g/mol.